The van der Waals surface area contributed by atoms with E-state index in [9.17, 15) is 14.3 Å². The van der Waals surface area contributed by atoms with Crippen LogP contribution in [0.25, 0.3) is 16.7 Å². The van der Waals surface area contributed by atoms with Crippen molar-refractivity contribution in [1.29, 1.82) is 0 Å². The first kappa shape index (κ1) is 18.3. The lowest BCUT2D eigenvalue weighted by molar-refractivity contribution is -0.132. The van der Waals surface area contributed by atoms with Gasteiger partial charge in [-0.15, -0.1) is 0 Å². The summed E-state index contributed by atoms with van der Waals surface area (Å²) in [7, 11) is 2.94. The topological polar surface area (TPSA) is 81.8 Å². The van der Waals surface area contributed by atoms with Crippen LogP contribution >= 0.6 is 0 Å². The minimum absolute atomic E-state index is 0.187. The van der Waals surface area contributed by atoms with Crippen molar-refractivity contribution in [2.24, 2.45) is 0 Å². The largest absolute Gasteiger partial charge is 0.496 e. The number of aliphatic carboxylic acids is 1. The van der Waals surface area contributed by atoms with Crippen molar-refractivity contribution < 1.29 is 23.8 Å². The summed E-state index contributed by atoms with van der Waals surface area (Å²) < 4.78 is 25.1. The molecule has 0 aliphatic rings. The number of methoxy groups -OCH3 is 2. The van der Waals surface area contributed by atoms with E-state index in [4.69, 9.17) is 15.2 Å². The fourth-order valence-corrected chi connectivity index (χ4v) is 2.51. The molecule has 0 radical (unpaired) electrons. The Balaban J connectivity index is 2.74. The van der Waals surface area contributed by atoms with Gasteiger partial charge < -0.3 is 20.3 Å². The molecule has 0 aliphatic heterocycles. The molecule has 0 spiro atoms. The lowest BCUT2D eigenvalue weighted by Gasteiger charge is -2.17. The molecule has 0 atom stereocenters. The van der Waals surface area contributed by atoms with Crippen molar-refractivity contribution in [3.8, 4) is 22.6 Å². The molecule has 0 aliphatic carbocycles. The number of anilines is 1. The van der Waals surface area contributed by atoms with Crippen molar-refractivity contribution in [2.75, 3.05) is 20.0 Å². The highest BCUT2D eigenvalue weighted by atomic mass is 19.1. The number of ether oxygens (including phenoxy) is 2. The second-order valence-electron chi connectivity index (χ2n) is 5.55. The second kappa shape index (κ2) is 7.25. The number of nitrogen functional groups attached to an aromatic ring is 1. The summed E-state index contributed by atoms with van der Waals surface area (Å²) in [6, 6.07) is 7.66. The average Bonchev–Trinajstić information content (AvgIpc) is 2.59. The SMILES string of the molecule is COc1cc(-c2ccc(N)cc2F)c(OC)cc1/C(C)=C(\C)C(=O)O. The van der Waals surface area contributed by atoms with Crippen LogP contribution in [0.3, 0.4) is 0 Å². The standard InChI is InChI=1S/C19H20FNO4/c1-10(11(2)19(22)23)14-8-18(25-4)15(9-17(14)24-3)13-6-5-12(21)7-16(13)20/h5-9H,21H2,1-4H3,(H,22,23)/b11-10+. The van der Waals surface area contributed by atoms with Gasteiger partial charge in [-0.1, -0.05) is 0 Å². The van der Waals surface area contributed by atoms with Crippen LogP contribution in [-0.4, -0.2) is 25.3 Å². The van der Waals surface area contributed by atoms with Gasteiger partial charge in [-0.3, -0.25) is 0 Å². The molecular weight excluding hydrogens is 325 g/mol. The summed E-state index contributed by atoms with van der Waals surface area (Å²) in [4.78, 5) is 11.2. The van der Waals surface area contributed by atoms with E-state index in [1.807, 2.05) is 0 Å². The minimum atomic E-state index is -1.02. The summed E-state index contributed by atoms with van der Waals surface area (Å²) in [6.07, 6.45) is 0. The molecule has 0 amide bonds. The Labute approximate surface area is 145 Å². The Kier molecular flexibility index (Phi) is 5.32. The molecule has 0 aromatic heterocycles. The molecule has 0 bridgehead atoms. The zero-order valence-electron chi connectivity index (χ0n) is 14.5. The van der Waals surface area contributed by atoms with Crippen LogP contribution in [0.2, 0.25) is 0 Å². The third-order valence-electron chi connectivity index (χ3n) is 4.09. The van der Waals surface area contributed by atoms with Crippen molar-refractivity contribution in [3.63, 3.8) is 0 Å². The smallest absolute Gasteiger partial charge is 0.331 e. The average molecular weight is 345 g/mol. The number of allylic oxidation sites excluding steroid dienone is 1. The van der Waals surface area contributed by atoms with Gasteiger partial charge in [0.25, 0.3) is 0 Å². The van der Waals surface area contributed by atoms with Gasteiger partial charge in [0.15, 0.2) is 0 Å². The summed E-state index contributed by atoms with van der Waals surface area (Å²) in [5.41, 5.74) is 8.01. The van der Waals surface area contributed by atoms with Crippen LogP contribution in [0, 0.1) is 5.82 Å². The molecule has 2 aromatic carbocycles. The Morgan fingerprint density at radius 2 is 1.68 bits per heavy atom. The van der Waals surface area contributed by atoms with Gasteiger partial charge in [0.1, 0.15) is 17.3 Å². The second-order valence-corrected chi connectivity index (χ2v) is 5.55. The van der Waals surface area contributed by atoms with E-state index >= 15 is 0 Å². The maximum Gasteiger partial charge on any atom is 0.331 e. The van der Waals surface area contributed by atoms with E-state index in [1.165, 1.54) is 27.2 Å². The number of carbonyl (C=O) groups is 1. The van der Waals surface area contributed by atoms with E-state index in [2.05, 4.69) is 0 Å². The molecule has 0 saturated heterocycles. The molecule has 2 aromatic rings. The molecule has 2 rings (SSSR count). The first-order valence-electron chi connectivity index (χ1n) is 7.52. The fraction of sp³-hybridized carbons (Fsp3) is 0.211. The fourth-order valence-electron chi connectivity index (χ4n) is 2.51. The number of hydrogen-bond donors (Lipinski definition) is 2. The molecule has 0 fully saturated rings. The lowest BCUT2D eigenvalue weighted by atomic mass is 9.96. The van der Waals surface area contributed by atoms with Crippen molar-refractivity contribution in [1.82, 2.24) is 0 Å². The molecule has 0 heterocycles. The van der Waals surface area contributed by atoms with E-state index < -0.39 is 11.8 Å². The third-order valence-corrected chi connectivity index (χ3v) is 4.09. The predicted molar refractivity (Wildman–Crippen MR) is 95.3 cm³/mol. The van der Waals surface area contributed by atoms with Crippen molar-refractivity contribution in [3.05, 3.63) is 47.3 Å². The Morgan fingerprint density at radius 1 is 1.04 bits per heavy atom. The van der Waals surface area contributed by atoms with E-state index in [0.717, 1.165) is 0 Å². The minimum Gasteiger partial charge on any atom is -0.496 e. The summed E-state index contributed by atoms with van der Waals surface area (Å²) >= 11 is 0. The van der Waals surface area contributed by atoms with Gasteiger partial charge in [-0.05, 0) is 49.8 Å². The quantitative estimate of drug-likeness (QED) is 0.633. The van der Waals surface area contributed by atoms with Crippen LogP contribution in [-0.2, 0) is 4.79 Å². The molecule has 6 heteroatoms. The van der Waals surface area contributed by atoms with Gasteiger partial charge in [-0.2, -0.15) is 0 Å². The third kappa shape index (κ3) is 3.57. The van der Waals surface area contributed by atoms with Crippen molar-refractivity contribution in [2.45, 2.75) is 13.8 Å². The Morgan fingerprint density at radius 3 is 2.20 bits per heavy atom. The molecule has 0 unspecified atom stereocenters. The summed E-state index contributed by atoms with van der Waals surface area (Å²) in [6.45, 7) is 3.20. The number of carboxylic acid groups (broad SMARTS) is 1. The molecule has 132 valence electrons. The van der Waals surface area contributed by atoms with Gasteiger partial charge in [0.2, 0.25) is 0 Å². The Hall–Kier alpha value is -3.02. The molecule has 5 nitrogen and oxygen atoms in total. The first-order valence-corrected chi connectivity index (χ1v) is 7.52. The van der Waals surface area contributed by atoms with Crippen LogP contribution in [0.5, 0.6) is 11.5 Å². The van der Waals surface area contributed by atoms with E-state index in [1.54, 1.807) is 31.2 Å². The Bertz CT molecular complexity index is 859. The summed E-state index contributed by atoms with van der Waals surface area (Å²) in [5, 5.41) is 9.21. The molecular formula is C19H20FNO4. The predicted octanol–water partition coefficient (Wildman–Crippen LogP) is 3.97. The van der Waals surface area contributed by atoms with Gasteiger partial charge >= 0.3 is 5.97 Å². The monoisotopic (exact) mass is 345 g/mol. The lowest BCUT2D eigenvalue weighted by Crippen LogP contribution is -2.02. The molecule has 0 saturated carbocycles. The number of benzene rings is 2. The number of hydrogen-bond acceptors (Lipinski definition) is 4. The summed E-state index contributed by atoms with van der Waals surface area (Å²) in [5.74, 6) is -0.684. The highest BCUT2D eigenvalue weighted by Gasteiger charge is 2.18. The van der Waals surface area contributed by atoms with E-state index in [0.29, 0.717) is 39.4 Å². The number of carboxylic acids is 1. The number of rotatable bonds is 5. The zero-order chi connectivity index (χ0) is 18.7. The van der Waals surface area contributed by atoms with Crippen LogP contribution in [0.15, 0.2) is 35.9 Å². The first-order chi connectivity index (χ1) is 11.8. The molecule has 25 heavy (non-hydrogen) atoms. The maximum absolute atomic E-state index is 14.3. The van der Waals surface area contributed by atoms with Crippen LogP contribution in [0.4, 0.5) is 10.1 Å². The highest BCUT2D eigenvalue weighted by molar-refractivity contribution is 5.96. The van der Waals surface area contributed by atoms with Crippen LogP contribution < -0.4 is 15.2 Å². The molecule has 3 N–H and O–H groups in total. The maximum atomic E-state index is 14.3. The zero-order valence-corrected chi connectivity index (χ0v) is 14.5. The van der Waals surface area contributed by atoms with Gasteiger partial charge in [0.05, 0.1) is 14.2 Å². The van der Waals surface area contributed by atoms with E-state index in [-0.39, 0.29) is 5.57 Å². The van der Waals surface area contributed by atoms with Crippen LogP contribution in [0.1, 0.15) is 19.4 Å². The van der Waals surface area contributed by atoms with Gasteiger partial charge in [-0.25, -0.2) is 9.18 Å². The van der Waals surface area contributed by atoms with Crippen molar-refractivity contribution >= 4 is 17.2 Å². The highest BCUT2D eigenvalue weighted by Crippen LogP contribution is 2.40. The van der Waals surface area contributed by atoms with Gasteiger partial charge in [0, 0.05) is 28.0 Å². The normalized spacial score (nSPS) is 11.7. The number of nitrogens with two attached hydrogens (primary N) is 1. The number of halogens is 1.